The lowest BCUT2D eigenvalue weighted by molar-refractivity contribution is -0.118. The van der Waals surface area contributed by atoms with E-state index in [2.05, 4.69) is 24.5 Å². The van der Waals surface area contributed by atoms with Crippen molar-refractivity contribution >= 4 is 17.6 Å². The molecule has 21 heavy (non-hydrogen) atoms. The minimum Gasteiger partial charge on any atom is -0.368 e. The van der Waals surface area contributed by atoms with E-state index in [1.54, 1.807) is 0 Å². The molecule has 0 radical (unpaired) electrons. The third-order valence-electron chi connectivity index (χ3n) is 3.10. The number of nitrogens with zero attached hydrogens (tertiary/aromatic N) is 1. The average molecular weight is 292 g/mol. The predicted octanol–water partition coefficient (Wildman–Crippen LogP) is 1.70. The van der Waals surface area contributed by atoms with Gasteiger partial charge in [-0.2, -0.15) is 0 Å². The van der Waals surface area contributed by atoms with Gasteiger partial charge in [0.1, 0.15) is 6.54 Å². The third-order valence-corrected chi connectivity index (χ3v) is 3.10. The molecule has 1 unspecified atom stereocenters. The summed E-state index contributed by atoms with van der Waals surface area (Å²) in [6, 6.07) is 7.53. The molecule has 116 valence electrons. The van der Waals surface area contributed by atoms with Gasteiger partial charge in [-0.3, -0.25) is 4.79 Å². The van der Waals surface area contributed by atoms with Crippen molar-refractivity contribution in [2.24, 2.45) is 5.73 Å². The summed E-state index contributed by atoms with van der Waals surface area (Å²) in [7, 11) is 1.52. The Balaban J connectivity index is 2.58. The van der Waals surface area contributed by atoms with E-state index in [4.69, 9.17) is 5.73 Å². The number of nitrogens with two attached hydrogens (primary N) is 1. The minimum atomic E-state index is -0.543. The zero-order chi connectivity index (χ0) is 15.8. The van der Waals surface area contributed by atoms with Crippen molar-refractivity contribution in [2.45, 2.75) is 26.3 Å². The maximum Gasteiger partial charge on any atom is 0.322 e. The number of hydrogen-bond acceptors (Lipinski definition) is 3. The minimum absolute atomic E-state index is 0.109. The van der Waals surface area contributed by atoms with Crippen LogP contribution in [0.25, 0.3) is 0 Å². The van der Waals surface area contributed by atoms with Gasteiger partial charge in [-0.05, 0) is 37.6 Å². The maximum absolute atomic E-state index is 11.8. The molecule has 1 rings (SSSR count). The Morgan fingerprint density at radius 2 is 1.90 bits per heavy atom. The molecular weight excluding hydrogens is 268 g/mol. The first-order chi connectivity index (χ1) is 9.93. The Kier molecular flexibility index (Phi) is 6.68. The highest BCUT2D eigenvalue weighted by molar-refractivity contribution is 5.91. The fraction of sp³-hybridized carbons (Fsp3) is 0.467. The number of carbonyl (C=O) groups excluding carboxylic acids is 2. The van der Waals surface area contributed by atoms with Crippen molar-refractivity contribution in [1.29, 1.82) is 0 Å². The molecule has 1 aromatic carbocycles. The molecule has 6 nitrogen and oxygen atoms in total. The first-order valence-corrected chi connectivity index (χ1v) is 7.07. The van der Waals surface area contributed by atoms with Gasteiger partial charge in [-0.15, -0.1) is 0 Å². The summed E-state index contributed by atoms with van der Waals surface area (Å²) in [4.78, 5) is 23.8. The number of amides is 3. The van der Waals surface area contributed by atoms with Crippen LogP contribution in [-0.4, -0.2) is 37.0 Å². The number of anilines is 1. The first kappa shape index (κ1) is 17.0. The van der Waals surface area contributed by atoms with Crippen molar-refractivity contribution in [3.8, 4) is 0 Å². The highest BCUT2D eigenvalue weighted by Gasteiger charge is 2.11. The second kappa shape index (κ2) is 8.26. The second-order valence-electron chi connectivity index (χ2n) is 5.05. The highest BCUT2D eigenvalue weighted by atomic mass is 16.2. The zero-order valence-corrected chi connectivity index (χ0v) is 12.8. The lowest BCUT2D eigenvalue weighted by Gasteiger charge is -2.17. The predicted molar refractivity (Wildman–Crippen MR) is 84.0 cm³/mol. The van der Waals surface area contributed by atoms with Gasteiger partial charge in [0.2, 0.25) is 5.91 Å². The van der Waals surface area contributed by atoms with E-state index < -0.39 is 5.91 Å². The van der Waals surface area contributed by atoms with Crippen molar-refractivity contribution in [3.63, 3.8) is 0 Å². The van der Waals surface area contributed by atoms with E-state index >= 15 is 0 Å². The molecule has 0 aliphatic carbocycles. The first-order valence-electron chi connectivity index (χ1n) is 7.07. The maximum atomic E-state index is 11.8. The highest BCUT2D eigenvalue weighted by Crippen LogP contribution is 2.16. The molecule has 1 atom stereocenters. The summed E-state index contributed by atoms with van der Waals surface area (Å²) in [5.74, 6) is -0.543. The van der Waals surface area contributed by atoms with E-state index in [1.807, 2.05) is 24.3 Å². The van der Waals surface area contributed by atoms with E-state index in [0.29, 0.717) is 5.69 Å². The molecule has 0 aliphatic heterocycles. The van der Waals surface area contributed by atoms with Crippen molar-refractivity contribution in [1.82, 2.24) is 10.2 Å². The number of carbonyl (C=O) groups is 2. The molecule has 0 fully saturated rings. The molecule has 1 aromatic rings. The molecule has 4 N–H and O–H groups in total. The Morgan fingerprint density at radius 1 is 1.29 bits per heavy atom. The van der Waals surface area contributed by atoms with Crippen LogP contribution in [-0.2, 0) is 4.79 Å². The van der Waals surface area contributed by atoms with Crippen molar-refractivity contribution < 1.29 is 9.59 Å². The van der Waals surface area contributed by atoms with E-state index in [-0.39, 0.29) is 18.6 Å². The Hall–Kier alpha value is -2.08. The largest absolute Gasteiger partial charge is 0.368 e. The molecule has 0 saturated carbocycles. The van der Waals surface area contributed by atoms with Gasteiger partial charge in [0, 0.05) is 18.8 Å². The zero-order valence-electron chi connectivity index (χ0n) is 12.8. The summed E-state index contributed by atoms with van der Waals surface area (Å²) < 4.78 is 0. The topological polar surface area (TPSA) is 87.5 Å². The van der Waals surface area contributed by atoms with Crippen LogP contribution >= 0.6 is 0 Å². The van der Waals surface area contributed by atoms with Crippen LogP contribution in [0, 0.1) is 0 Å². The van der Waals surface area contributed by atoms with Crippen LogP contribution < -0.4 is 16.4 Å². The molecule has 0 heterocycles. The molecule has 3 amide bonds. The molecule has 0 saturated heterocycles. The fourth-order valence-corrected chi connectivity index (χ4v) is 1.86. The molecule has 6 heteroatoms. The number of rotatable bonds is 7. The quantitative estimate of drug-likeness (QED) is 0.714. The van der Waals surface area contributed by atoms with Gasteiger partial charge in [0.25, 0.3) is 0 Å². The lowest BCUT2D eigenvalue weighted by Crippen LogP contribution is -2.38. The smallest absolute Gasteiger partial charge is 0.322 e. The lowest BCUT2D eigenvalue weighted by atomic mass is 10.1. The van der Waals surface area contributed by atoms with Gasteiger partial charge in [0.05, 0.1) is 0 Å². The van der Waals surface area contributed by atoms with Gasteiger partial charge in [-0.25, -0.2) is 4.79 Å². The summed E-state index contributed by atoms with van der Waals surface area (Å²) in [5, 5.41) is 6.12. The molecule has 0 aliphatic rings. The van der Waals surface area contributed by atoms with Gasteiger partial charge in [-0.1, -0.05) is 19.1 Å². The Bertz CT molecular complexity index is 473. The Labute approximate surface area is 125 Å². The number of benzene rings is 1. The monoisotopic (exact) mass is 292 g/mol. The van der Waals surface area contributed by atoms with E-state index in [1.165, 1.54) is 11.9 Å². The van der Waals surface area contributed by atoms with Gasteiger partial charge >= 0.3 is 6.03 Å². The van der Waals surface area contributed by atoms with E-state index in [9.17, 15) is 9.59 Å². The van der Waals surface area contributed by atoms with E-state index in [0.717, 1.165) is 18.5 Å². The molecular formula is C15H24N4O2. The standard InChI is InChI=1S/C15H24N4O2/c1-4-9-17-11(2)12-5-7-13(8-6-12)18-15(21)19(3)10-14(16)20/h5-8,11,17H,4,9-10H2,1-3H3,(H2,16,20)(H,18,21). The fourth-order valence-electron chi connectivity index (χ4n) is 1.86. The summed E-state index contributed by atoms with van der Waals surface area (Å²) >= 11 is 0. The molecule has 0 aromatic heterocycles. The van der Waals surface area contributed by atoms with Crippen LogP contribution in [0.4, 0.5) is 10.5 Å². The van der Waals surface area contributed by atoms with Crippen LogP contribution in [0.3, 0.4) is 0 Å². The number of urea groups is 1. The van der Waals surface area contributed by atoms with Crippen LogP contribution in [0.1, 0.15) is 31.9 Å². The normalized spacial score (nSPS) is 11.8. The van der Waals surface area contributed by atoms with Gasteiger partial charge < -0.3 is 21.3 Å². The number of primary amides is 1. The second-order valence-corrected chi connectivity index (χ2v) is 5.05. The van der Waals surface area contributed by atoms with Crippen LogP contribution in [0.5, 0.6) is 0 Å². The number of hydrogen-bond donors (Lipinski definition) is 3. The SMILES string of the molecule is CCCNC(C)c1ccc(NC(=O)N(C)CC(N)=O)cc1. The number of likely N-dealkylation sites (N-methyl/N-ethyl adjacent to an activating group) is 1. The average Bonchev–Trinajstić information content (AvgIpc) is 2.44. The van der Waals surface area contributed by atoms with Crippen LogP contribution in [0.15, 0.2) is 24.3 Å². The summed E-state index contributed by atoms with van der Waals surface area (Å²) in [6.45, 7) is 5.09. The summed E-state index contributed by atoms with van der Waals surface area (Å²) in [6.07, 6.45) is 1.09. The van der Waals surface area contributed by atoms with Crippen LogP contribution in [0.2, 0.25) is 0 Å². The Morgan fingerprint density at radius 3 is 2.43 bits per heavy atom. The van der Waals surface area contributed by atoms with Gasteiger partial charge in [0.15, 0.2) is 0 Å². The third kappa shape index (κ3) is 5.83. The molecule has 0 spiro atoms. The van der Waals surface area contributed by atoms with Crippen molar-refractivity contribution in [2.75, 3.05) is 25.5 Å². The number of nitrogens with one attached hydrogen (secondary N) is 2. The molecule has 0 bridgehead atoms. The summed E-state index contributed by atoms with van der Waals surface area (Å²) in [5.41, 5.74) is 6.89. The van der Waals surface area contributed by atoms with Crippen molar-refractivity contribution in [3.05, 3.63) is 29.8 Å².